The minimum Gasteiger partial charge on any atom is -0.736 e. The SMILES string of the molecule is C=C1C(C(C)(C)C)=CC=C(OP(=O)([O-])Oc2ccc(C(C)(C)C)cc2C(C)(C)C)C1C(C)(C)C.[Na+]. The Kier molecular flexibility index (Phi) is 9.71. The van der Waals surface area contributed by atoms with Crippen molar-refractivity contribution in [3.63, 3.8) is 0 Å². The molecule has 0 radical (unpaired) electrons. The van der Waals surface area contributed by atoms with Crippen molar-refractivity contribution in [1.82, 2.24) is 0 Å². The van der Waals surface area contributed by atoms with Gasteiger partial charge in [-0.1, -0.05) is 108 Å². The summed E-state index contributed by atoms with van der Waals surface area (Å²) in [5.41, 5.74) is 3.12. The molecule has 0 bridgehead atoms. The number of allylic oxidation sites excluding steroid dienone is 4. The van der Waals surface area contributed by atoms with Crippen LogP contribution in [0, 0.1) is 16.7 Å². The van der Waals surface area contributed by atoms with E-state index >= 15 is 0 Å². The molecular formula is C29H44NaO4P. The van der Waals surface area contributed by atoms with E-state index in [9.17, 15) is 9.46 Å². The fourth-order valence-corrected chi connectivity index (χ4v) is 5.25. The smallest absolute Gasteiger partial charge is 0.736 e. The predicted molar refractivity (Wildman–Crippen MR) is 141 cm³/mol. The van der Waals surface area contributed by atoms with Gasteiger partial charge in [-0.3, -0.25) is 0 Å². The number of rotatable bonds is 4. The van der Waals surface area contributed by atoms with Gasteiger partial charge in [0.1, 0.15) is 11.5 Å². The first-order valence-corrected chi connectivity index (χ1v) is 13.5. The summed E-state index contributed by atoms with van der Waals surface area (Å²) in [5.74, 6) is 0.350. The van der Waals surface area contributed by atoms with E-state index in [0.29, 0.717) is 11.5 Å². The molecule has 0 amide bonds. The molecule has 0 aromatic heterocycles. The molecule has 1 aromatic carbocycles. The molecule has 190 valence electrons. The van der Waals surface area contributed by atoms with Gasteiger partial charge in [0, 0.05) is 11.5 Å². The fourth-order valence-electron chi connectivity index (χ4n) is 4.39. The maximum atomic E-state index is 13.2. The van der Waals surface area contributed by atoms with Gasteiger partial charge >= 0.3 is 37.4 Å². The first-order chi connectivity index (χ1) is 15.0. The van der Waals surface area contributed by atoms with Crippen LogP contribution in [0.4, 0.5) is 0 Å². The number of phosphoric acid groups is 1. The average molecular weight is 511 g/mol. The zero-order chi connectivity index (χ0) is 26.5. The zero-order valence-corrected chi connectivity index (χ0v) is 27.1. The van der Waals surface area contributed by atoms with Crippen molar-refractivity contribution < 1.29 is 48.1 Å². The van der Waals surface area contributed by atoms with Crippen LogP contribution in [0.5, 0.6) is 5.75 Å². The van der Waals surface area contributed by atoms with Gasteiger partial charge in [-0.25, -0.2) is 4.57 Å². The van der Waals surface area contributed by atoms with Crippen molar-refractivity contribution in [2.24, 2.45) is 16.7 Å². The molecule has 0 spiro atoms. The Bertz CT molecular complexity index is 1050. The zero-order valence-electron chi connectivity index (χ0n) is 24.3. The van der Waals surface area contributed by atoms with Gasteiger partial charge in [0.15, 0.2) is 0 Å². The average Bonchev–Trinajstić information content (AvgIpc) is 2.57. The van der Waals surface area contributed by atoms with Crippen molar-refractivity contribution in [1.29, 1.82) is 0 Å². The van der Waals surface area contributed by atoms with E-state index in [1.807, 2.05) is 39.0 Å². The summed E-state index contributed by atoms with van der Waals surface area (Å²) >= 11 is 0. The van der Waals surface area contributed by atoms with Gasteiger partial charge in [0.2, 0.25) is 0 Å². The Morgan fingerprint density at radius 1 is 0.829 bits per heavy atom. The van der Waals surface area contributed by atoms with E-state index < -0.39 is 7.82 Å². The minimum absolute atomic E-state index is 0. The molecule has 2 rings (SSSR count). The summed E-state index contributed by atoms with van der Waals surface area (Å²) in [6.45, 7) is 29.4. The van der Waals surface area contributed by atoms with Gasteiger partial charge in [-0.2, -0.15) is 0 Å². The predicted octanol–water partition coefficient (Wildman–Crippen LogP) is 5.24. The Morgan fingerprint density at radius 2 is 1.37 bits per heavy atom. The van der Waals surface area contributed by atoms with Crippen LogP contribution >= 0.6 is 7.82 Å². The molecule has 0 saturated carbocycles. The topological polar surface area (TPSA) is 58.6 Å². The molecule has 0 N–H and O–H groups in total. The van der Waals surface area contributed by atoms with E-state index in [1.165, 1.54) is 0 Å². The van der Waals surface area contributed by atoms with E-state index in [2.05, 4.69) is 68.9 Å². The molecule has 0 fully saturated rings. The van der Waals surface area contributed by atoms with Crippen molar-refractivity contribution in [2.45, 2.75) is 93.9 Å². The Balaban J connectivity index is 0.00000612. The summed E-state index contributed by atoms with van der Waals surface area (Å²) in [6, 6.07) is 5.69. The second kappa shape index (κ2) is 10.5. The maximum Gasteiger partial charge on any atom is 1.00 e. The molecule has 2 unspecified atom stereocenters. The van der Waals surface area contributed by atoms with E-state index in [4.69, 9.17) is 9.05 Å². The van der Waals surface area contributed by atoms with E-state index in [1.54, 1.807) is 12.1 Å². The number of hydrogen-bond donors (Lipinski definition) is 0. The summed E-state index contributed by atoms with van der Waals surface area (Å²) < 4.78 is 24.4. The van der Waals surface area contributed by atoms with Crippen LogP contribution in [-0.4, -0.2) is 0 Å². The molecule has 1 aliphatic carbocycles. The van der Waals surface area contributed by atoms with Gasteiger partial charge in [0.05, 0.1) is 0 Å². The fraction of sp³-hybridized carbons (Fsp3) is 0.586. The summed E-state index contributed by atoms with van der Waals surface area (Å²) in [5, 5.41) is 0. The Hall–Kier alpha value is -0.770. The summed E-state index contributed by atoms with van der Waals surface area (Å²) in [6.07, 6.45) is 3.67. The molecule has 35 heavy (non-hydrogen) atoms. The normalized spacial score (nSPS) is 19.2. The monoisotopic (exact) mass is 510 g/mol. The number of phosphoric ester groups is 1. The van der Waals surface area contributed by atoms with Crippen molar-refractivity contribution in [3.05, 3.63) is 65.0 Å². The van der Waals surface area contributed by atoms with Gasteiger partial charge in [0.25, 0.3) is 0 Å². The van der Waals surface area contributed by atoms with Gasteiger partial charge in [-0.05, 0) is 50.5 Å². The van der Waals surface area contributed by atoms with Crippen LogP contribution in [0.3, 0.4) is 0 Å². The molecule has 0 heterocycles. The largest absolute Gasteiger partial charge is 1.00 e. The van der Waals surface area contributed by atoms with Crippen LogP contribution in [0.25, 0.3) is 0 Å². The van der Waals surface area contributed by atoms with Crippen LogP contribution in [0.2, 0.25) is 0 Å². The van der Waals surface area contributed by atoms with Crippen molar-refractivity contribution >= 4 is 7.82 Å². The van der Waals surface area contributed by atoms with Crippen LogP contribution in [0.1, 0.15) is 94.2 Å². The second-order valence-corrected chi connectivity index (χ2v) is 14.8. The molecule has 2 atom stereocenters. The molecule has 0 saturated heterocycles. The maximum absolute atomic E-state index is 13.2. The Morgan fingerprint density at radius 3 is 1.80 bits per heavy atom. The standard InChI is InChI=1S/C29H45O4P.Na/c1-19-21(27(5,6)7)15-17-24(25(19)29(11,12)13)33-34(30,31)32-23-16-14-20(26(2,3)4)18-22(23)28(8,9)10;/h14-18,25H,1H2,2-13H3,(H,30,31);/q;+1/p-1. The summed E-state index contributed by atoms with van der Waals surface area (Å²) in [4.78, 5) is 13.2. The first kappa shape index (κ1) is 32.3. The molecular weight excluding hydrogens is 466 g/mol. The second-order valence-electron chi connectivity index (χ2n) is 13.6. The molecule has 1 aliphatic rings. The van der Waals surface area contributed by atoms with Crippen LogP contribution in [0.15, 0.2) is 53.8 Å². The summed E-state index contributed by atoms with van der Waals surface area (Å²) in [7, 11) is -4.72. The number of benzene rings is 1. The van der Waals surface area contributed by atoms with Crippen molar-refractivity contribution in [2.75, 3.05) is 0 Å². The van der Waals surface area contributed by atoms with E-state index in [-0.39, 0.29) is 57.1 Å². The molecule has 0 aliphatic heterocycles. The minimum atomic E-state index is -4.72. The van der Waals surface area contributed by atoms with Crippen LogP contribution in [-0.2, 0) is 19.9 Å². The first-order valence-electron chi connectivity index (χ1n) is 12.0. The van der Waals surface area contributed by atoms with Crippen molar-refractivity contribution in [3.8, 4) is 5.75 Å². The molecule has 1 aromatic rings. The van der Waals surface area contributed by atoms with Gasteiger partial charge < -0.3 is 13.9 Å². The third-order valence-corrected chi connectivity index (χ3v) is 7.00. The Labute approximate surface area is 236 Å². The van der Waals surface area contributed by atoms with E-state index in [0.717, 1.165) is 22.3 Å². The quantitative estimate of drug-likeness (QED) is 0.411. The van der Waals surface area contributed by atoms with Crippen LogP contribution < -0.4 is 39.0 Å². The molecule has 6 heteroatoms. The third kappa shape index (κ3) is 8.11. The third-order valence-electron chi connectivity index (χ3n) is 6.15. The van der Waals surface area contributed by atoms with Gasteiger partial charge in [-0.15, -0.1) is 0 Å². The molecule has 4 nitrogen and oxygen atoms in total. The number of hydrogen-bond acceptors (Lipinski definition) is 4.